The number of aliphatic hydroxyl groups excluding tert-OH is 1. The maximum atomic E-state index is 10.4. The molecule has 0 unspecified atom stereocenters. The first-order valence-corrected chi connectivity index (χ1v) is 9.51. The second-order valence-electron chi connectivity index (χ2n) is 7.09. The van der Waals surface area contributed by atoms with Crippen LogP contribution in [0.3, 0.4) is 0 Å². The van der Waals surface area contributed by atoms with E-state index in [9.17, 15) is 5.11 Å². The van der Waals surface area contributed by atoms with Crippen molar-refractivity contribution in [2.75, 3.05) is 0 Å². The molecule has 0 aliphatic heterocycles. The highest BCUT2D eigenvalue weighted by Gasteiger charge is 2.25. The fourth-order valence-electron chi connectivity index (χ4n) is 3.51. The summed E-state index contributed by atoms with van der Waals surface area (Å²) >= 11 is 0. The highest BCUT2D eigenvalue weighted by Crippen LogP contribution is 2.33. The van der Waals surface area contributed by atoms with Gasteiger partial charge in [0.2, 0.25) is 11.8 Å². The monoisotopic (exact) mass is 394 g/mol. The van der Waals surface area contributed by atoms with Gasteiger partial charge in [-0.2, -0.15) is 5.26 Å². The molecule has 0 aliphatic rings. The molecule has 30 heavy (non-hydrogen) atoms. The van der Waals surface area contributed by atoms with Gasteiger partial charge in [0.15, 0.2) is 5.69 Å². The van der Waals surface area contributed by atoms with Crippen LogP contribution in [0.25, 0.3) is 27.1 Å². The van der Waals surface area contributed by atoms with Crippen molar-refractivity contribution in [3.63, 3.8) is 0 Å². The SMILES string of the molecule is [C-]#[N+]c1ccc(C[C@@H](c2nnc(-c3ccc(C#N)cc3)o2)[C@@H](C)O)c2ccccc12. The zero-order chi connectivity index (χ0) is 21.1. The van der Waals surface area contributed by atoms with Crippen LogP contribution in [0.15, 0.2) is 65.1 Å². The predicted octanol–water partition coefficient (Wildman–Crippen LogP) is 5.02. The molecule has 0 saturated heterocycles. The minimum absolute atomic E-state index is 0.341. The van der Waals surface area contributed by atoms with Crippen molar-refractivity contribution < 1.29 is 9.52 Å². The van der Waals surface area contributed by atoms with Crippen molar-refractivity contribution in [2.24, 2.45) is 0 Å². The molecule has 4 rings (SSSR count). The van der Waals surface area contributed by atoms with Crippen molar-refractivity contribution in [1.29, 1.82) is 5.26 Å². The van der Waals surface area contributed by atoms with Gasteiger partial charge in [0.25, 0.3) is 0 Å². The summed E-state index contributed by atoms with van der Waals surface area (Å²) in [6.45, 7) is 9.08. The summed E-state index contributed by atoms with van der Waals surface area (Å²) in [4.78, 5) is 3.60. The maximum Gasteiger partial charge on any atom is 0.247 e. The Kier molecular flexibility index (Phi) is 5.26. The molecule has 1 N–H and O–H groups in total. The highest BCUT2D eigenvalue weighted by molar-refractivity contribution is 5.96. The van der Waals surface area contributed by atoms with Crippen LogP contribution in [0.2, 0.25) is 0 Å². The standard InChI is InChI=1S/C24H18N4O2/c1-15(29)21(13-18-11-12-22(26-2)20-6-4-3-5-19(18)20)24-28-27-23(30-24)17-9-7-16(14-25)8-10-17/h3-12,15,21,29H,13H2,1H3/t15-,21-/m1/s1. The van der Waals surface area contributed by atoms with Crippen molar-refractivity contribution in [3.8, 4) is 17.5 Å². The molecule has 0 fully saturated rings. The first-order chi connectivity index (χ1) is 14.6. The molecular formula is C24H18N4O2. The summed E-state index contributed by atoms with van der Waals surface area (Å²) < 4.78 is 5.88. The smallest absolute Gasteiger partial charge is 0.247 e. The van der Waals surface area contributed by atoms with E-state index in [2.05, 4.69) is 21.1 Å². The zero-order valence-corrected chi connectivity index (χ0v) is 16.3. The molecule has 6 nitrogen and oxygen atoms in total. The number of hydrogen-bond donors (Lipinski definition) is 1. The van der Waals surface area contributed by atoms with Crippen LogP contribution < -0.4 is 0 Å². The first-order valence-electron chi connectivity index (χ1n) is 9.51. The molecule has 0 radical (unpaired) electrons. The zero-order valence-electron chi connectivity index (χ0n) is 16.3. The Balaban J connectivity index is 1.68. The second kappa shape index (κ2) is 8.16. The van der Waals surface area contributed by atoms with E-state index in [-0.39, 0.29) is 0 Å². The molecule has 1 aromatic heterocycles. The Morgan fingerprint density at radius 3 is 2.47 bits per heavy atom. The van der Waals surface area contributed by atoms with E-state index in [0.717, 1.165) is 16.3 Å². The Hall–Kier alpha value is -4.00. The van der Waals surface area contributed by atoms with Crippen molar-refractivity contribution in [1.82, 2.24) is 10.2 Å². The molecule has 1 heterocycles. The third-order valence-corrected chi connectivity index (χ3v) is 5.15. The molecule has 6 heteroatoms. The Morgan fingerprint density at radius 1 is 1.07 bits per heavy atom. The summed E-state index contributed by atoms with van der Waals surface area (Å²) in [5, 5.41) is 29.5. The molecule has 3 aromatic carbocycles. The van der Waals surface area contributed by atoms with Gasteiger partial charge in [0.05, 0.1) is 30.2 Å². The Bertz CT molecular complexity index is 1280. The van der Waals surface area contributed by atoms with Gasteiger partial charge in [-0.3, -0.25) is 0 Å². The number of benzene rings is 3. The minimum atomic E-state index is -0.710. The number of nitrogens with zero attached hydrogens (tertiary/aromatic N) is 4. The van der Waals surface area contributed by atoms with Crippen LogP contribution in [0.4, 0.5) is 5.69 Å². The summed E-state index contributed by atoms with van der Waals surface area (Å²) in [5.41, 5.74) is 2.87. The van der Waals surface area contributed by atoms with Gasteiger partial charge in [-0.05, 0) is 53.9 Å². The van der Waals surface area contributed by atoms with Crippen LogP contribution in [-0.2, 0) is 6.42 Å². The second-order valence-corrected chi connectivity index (χ2v) is 7.09. The summed E-state index contributed by atoms with van der Waals surface area (Å²) in [6, 6.07) is 20.4. The fourth-order valence-corrected chi connectivity index (χ4v) is 3.51. The topological polar surface area (TPSA) is 87.3 Å². The lowest BCUT2D eigenvalue weighted by Crippen LogP contribution is -2.18. The number of aromatic nitrogens is 2. The average Bonchev–Trinajstić information content (AvgIpc) is 3.27. The number of nitriles is 1. The lowest BCUT2D eigenvalue weighted by molar-refractivity contribution is 0.148. The third-order valence-electron chi connectivity index (χ3n) is 5.15. The van der Waals surface area contributed by atoms with Crippen LogP contribution >= 0.6 is 0 Å². The van der Waals surface area contributed by atoms with E-state index < -0.39 is 12.0 Å². The van der Waals surface area contributed by atoms with E-state index in [4.69, 9.17) is 16.3 Å². The van der Waals surface area contributed by atoms with Crippen molar-refractivity contribution in [2.45, 2.75) is 25.4 Å². The molecule has 0 aliphatic carbocycles. The highest BCUT2D eigenvalue weighted by atomic mass is 16.4. The number of fused-ring (bicyclic) bond motifs is 1. The van der Waals surface area contributed by atoms with Crippen LogP contribution in [0.5, 0.6) is 0 Å². The van der Waals surface area contributed by atoms with E-state index in [1.165, 1.54) is 0 Å². The molecule has 0 saturated carbocycles. The summed E-state index contributed by atoms with van der Waals surface area (Å²) in [5.74, 6) is 0.294. The van der Waals surface area contributed by atoms with Gasteiger partial charge in [-0.15, -0.1) is 10.2 Å². The lowest BCUT2D eigenvalue weighted by Gasteiger charge is -2.17. The Morgan fingerprint density at radius 2 is 1.80 bits per heavy atom. The van der Waals surface area contributed by atoms with Crippen molar-refractivity contribution in [3.05, 3.63) is 89.1 Å². The molecule has 0 spiro atoms. The minimum Gasteiger partial charge on any atom is -0.420 e. The molecule has 4 aromatic rings. The quantitative estimate of drug-likeness (QED) is 0.480. The van der Waals surface area contributed by atoms with Gasteiger partial charge in [-0.25, -0.2) is 4.85 Å². The van der Waals surface area contributed by atoms with E-state index in [0.29, 0.717) is 35.0 Å². The van der Waals surface area contributed by atoms with Gasteiger partial charge in [-0.1, -0.05) is 36.4 Å². The van der Waals surface area contributed by atoms with E-state index in [1.807, 2.05) is 30.3 Å². The molecule has 2 atom stereocenters. The number of rotatable bonds is 5. The molecule has 146 valence electrons. The maximum absolute atomic E-state index is 10.4. The molecular weight excluding hydrogens is 376 g/mol. The lowest BCUT2D eigenvalue weighted by atomic mass is 9.91. The average molecular weight is 394 g/mol. The van der Waals surface area contributed by atoms with Gasteiger partial charge >= 0.3 is 0 Å². The van der Waals surface area contributed by atoms with Crippen LogP contribution in [0, 0.1) is 17.9 Å². The Labute approximate surface area is 173 Å². The van der Waals surface area contributed by atoms with Gasteiger partial charge < -0.3 is 9.52 Å². The first kappa shape index (κ1) is 19.3. The molecule has 0 bridgehead atoms. The van der Waals surface area contributed by atoms with E-state index in [1.54, 1.807) is 37.3 Å². The van der Waals surface area contributed by atoms with Crippen LogP contribution in [-0.4, -0.2) is 21.4 Å². The normalized spacial score (nSPS) is 12.8. The predicted molar refractivity (Wildman–Crippen MR) is 113 cm³/mol. The fraction of sp³-hybridized carbons (Fsp3) is 0.167. The summed E-state index contributed by atoms with van der Waals surface area (Å²) in [7, 11) is 0. The third kappa shape index (κ3) is 3.65. The summed E-state index contributed by atoms with van der Waals surface area (Å²) in [6.07, 6.45) is -0.218. The van der Waals surface area contributed by atoms with E-state index >= 15 is 0 Å². The number of hydrogen-bond acceptors (Lipinski definition) is 5. The number of aliphatic hydroxyl groups is 1. The molecule has 0 amide bonds. The van der Waals surface area contributed by atoms with Gasteiger partial charge in [0.1, 0.15) is 0 Å². The van der Waals surface area contributed by atoms with Gasteiger partial charge in [0, 0.05) is 5.56 Å². The van der Waals surface area contributed by atoms with Crippen LogP contribution in [0.1, 0.15) is 29.9 Å². The largest absolute Gasteiger partial charge is 0.420 e. The van der Waals surface area contributed by atoms with Crippen molar-refractivity contribution >= 4 is 16.5 Å².